The van der Waals surface area contributed by atoms with Crippen molar-refractivity contribution < 1.29 is 63.1 Å². The highest BCUT2D eigenvalue weighted by atomic mass is 31.2. The van der Waals surface area contributed by atoms with Crippen molar-refractivity contribution in [2.24, 2.45) is 0 Å². The predicted octanol–water partition coefficient (Wildman–Crippen LogP) is 12.1. The van der Waals surface area contributed by atoms with Crippen LogP contribution in [-0.4, -0.2) is 98.3 Å². The van der Waals surface area contributed by atoms with Crippen LogP contribution in [0.1, 0.15) is 219 Å². The summed E-state index contributed by atoms with van der Waals surface area (Å²) in [7, 11) is -5.14. The fourth-order valence-electron chi connectivity index (χ4n) is 8.04. The number of hydrogen-bond acceptors (Lipinski definition) is 12. The largest absolute Gasteiger partial charge is 0.472 e. The number of phosphoric ester groups is 1. The molecule has 0 amide bonds. The molecule has 69 heavy (non-hydrogen) atoms. The zero-order chi connectivity index (χ0) is 50.6. The molecule has 1 rings (SSSR count). The van der Waals surface area contributed by atoms with Crippen LogP contribution in [0.2, 0.25) is 0 Å². The lowest BCUT2D eigenvalue weighted by atomic mass is 9.85. The molecule has 0 aromatic rings. The first kappa shape index (κ1) is 64.6. The highest BCUT2D eigenvalue weighted by Gasteiger charge is 2.51. The summed E-state index contributed by atoms with van der Waals surface area (Å²) in [6.45, 7) is 3.25. The van der Waals surface area contributed by atoms with E-state index in [2.05, 4.69) is 56.4 Å². The van der Waals surface area contributed by atoms with E-state index in [1.54, 1.807) is 0 Å². The Morgan fingerprint density at radius 2 is 0.812 bits per heavy atom. The average Bonchev–Trinajstić information content (AvgIpc) is 3.33. The van der Waals surface area contributed by atoms with Gasteiger partial charge >= 0.3 is 19.8 Å². The Kier molecular flexibility index (Phi) is 41.4. The van der Waals surface area contributed by atoms with E-state index in [1.807, 2.05) is 18.2 Å². The van der Waals surface area contributed by atoms with Crippen molar-refractivity contribution in [3.63, 3.8) is 0 Å². The van der Waals surface area contributed by atoms with Crippen LogP contribution >= 0.6 is 7.82 Å². The van der Waals surface area contributed by atoms with Crippen molar-refractivity contribution in [2.75, 3.05) is 13.2 Å². The van der Waals surface area contributed by atoms with Crippen molar-refractivity contribution in [1.82, 2.24) is 0 Å². The third-order valence-corrected chi connectivity index (χ3v) is 13.4. The number of hydrogen-bond donors (Lipinski definition) is 6. The van der Waals surface area contributed by atoms with Gasteiger partial charge in [-0.1, -0.05) is 216 Å². The van der Waals surface area contributed by atoms with Crippen LogP contribution in [-0.2, 0) is 32.7 Å². The number of phosphoric acid groups is 1. The highest BCUT2D eigenvalue weighted by molar-refractivity contribution is 7.47. The summed E-state index contributed by atoms with van der Waals surface area (Å²) in [5, 5.41) is 50.3. The van der Waals surface area contributed by atoms with Gasteiger partial charge in [-0.3, -0.25) is 18.6 Å². The SMILES string of the molecule is CCCCC/C=C/C/C=C/C/C=C/C/C=C/C/C=C/CCC(=O)O[C@@H](COC(=O)CCCCCCCCCCCCCCCCCCCCCCC)COP(=O)(O)OC1C(O)C(O)C(O)[C@H](O)C1O. The zero-order valence-corrected chi connectivity index (χ0v) is 43.7. The summed E-state index contributed by atoms with van der Waals surface area (Å²) in [4.78, 5) is 35.8. The van der Waals surface area contributed by atoms with Gasteiger partial charge in [-0.25, -0.2) is 4.57 Å². The van der Waals surface area contributed by atoms with Crippen LogP contribution < -0.4 is 0 Å². The highest BCUT2D eigenvalue weighted by Crippen LogP contribution is 2.47. The molecule has 1 fully saturated rings. The number of aliphatic hydroxyl groups is 5. The molecule has 13 nitrogen and oxygen atoms in total. The quantitative estimate of drug-likeness (QED) is 0.0145. The molecule has 0 saturated heterocycles. The summed E-state index contributed by atoms with van der Waals surface area (Å²) in [6.07, 6.45) is 42.8. The maximum absolute atomic E-state index is 12.9. The Hall–Kier alpha value is -2.45. The number of esters is 2. The second-order valence-electron chi connectivity index (χ2n) is 18.7. The number of carbonyl (C=O) groups excluding carboxylic acids is 2. The second kappa shape index (κ2) is 44.3. The van der Waals surface area contributed by atoms with Crippen molar-refractivity contribution in [2.45, 2.75) is 262 Å². The predicted molar refractivity (Wildman–Crippen MR) is 276 cm³/mol. The van der Waals surface area contributed by atoms with Crippen LogP contribution in [0.25, 0.3) is 0 Å². The molecule has 1 aliphatic carbocycles. The van der Waals surface area contributed by atoms with E-state index in [-0.39, 0.29) is 12.8 Å². The zero-order valence-electron chi connectivity index (χ0n) is 42.8. The normalized spacial score (nSPS) is 21.3. The summed E-state index contributed by atoms with van der Waals surface area (Å²) in [5.74, 6) is -1.19. The first-order valence-corrected chi connectivity index (χ1v) is 28.6. The number of allylic oxidation sites excluding steroid dienone is 10. The maximum atomic E-state index is 12.9. The molecule has 0 radical (unpaired) electrons. The molecular formula is C55H97O13P. The second-order valence-corrected chi connectivity index (χ2v) is 20.1. The number of rotatable bonds is 45. The Morgan fingerprint density at radius 3 is 1.25 bits per heavy atom. The topological polar surface area (TPSA) is 210 Å². The molecule has 0 spiro atoms. The molecule has 1 saturated carbocycles. The monoisotopic (exact) mass is 997 g/mol. The average molecular weight is 997 g/mol. The lowest BCUT2D eigenvalue weighted by Gasteiger charge is -2.41. The smallest absolute Gasteiger partial charge is 0.462 e. The van der Waals surface area contributed by atoms with Gasteiger partial charge in [0.2, 0.25) is 0 Å². The molecule has 400 valence electrons. The van der Waals surface area contributed by atoms with Crippen LogP contribution in [0.3, 0.4) is 0 Å². The lowest BCUT2D eigenvalue weighted by Crippen LogP contribution is -2.64. The third kappa shape index (κ3) is 36.2. The van der Waals surface area contributed by atoms with E-state index >= 15 is 0 Å². The Bertz CT molecular complexity index is 1430. The van der Waals surface area contributed by atoms with Gasteiger partial charge in [-0.2, -0.15) is 0 Å². The van der Waals surface area contributed by atoms with E-state index in [9.17, 15) is 44.6 Å². The number of ether oxygens (including phenoxy) is 2. The lowest BCUT2D eigenvalue weighted by molar-refractivity contribution is -0.220. The van der Waals surface area contributed by atoms with Gasteiger partial charge in [0, 0.05) is 12.8 Å². The van der Waals surface area contributed by atoms with Crippen LogP contribution in [0, 0.1) is 0 Å². The van der Waals surface area contributed by atoms with Crippen molar-refractivity contribution in [3.8, 4) is 0 Å². The molecular weight excluding hydrogens is 900 g/mol. The van der Waals surface area contributed by atoms with E-state index in [1.165, 1.54) is 128 Å². The fourth-order valence-corrected chi connectivity index (χ4v) is 9.01. The summed E-state index contributed by atoms with van der Waals surface area (Å²) < 4.78 is 33.6. The third-order valence-electron chi connectivity index (χ3n) is 12.4. The Morgan fingerprint density at radius 1 is 0.449 bits per heavy atom. The van der Waals surface area contributed by atoms with Gasteiger partial charge in [0.05, 0.1) is 6.61 Å². The van der Waals surface area contributed by atoms with Crippen molar-refractivity contribution >= 4 is 19.8 Å². The minimum atomic E-state index is -5.14. The molecule has 0 bridgehead atoms. The maximum Gasteiger partial charge on any atom is 0.472 e. The molecule has 14 heteroatoms. The first-order valence-electron chi connectivity index (χ1n) is 27.1. The fraction of sp³-hybridized carbons (Fsp3) is 0.782. The molecule has 8 atom stereocenters. The van der Waals surface area contributed by atoms with Gasteiger partial charge in [0.25, 0.3) is 0 Å². The molecule has 0 aliphatic heterocycles. The summed E-state index contributed by atoms with van der Waals surface area (Å²) in [5.41, 5.74) is 0. The van der Waals surface area contributed by atoms with Crippen LogP contribution in [0.4, 0.5) is 0 Å². The van der Waals surface area contributed by atoms with E-state index in [0.29, 0.717) is 19.3 Å². The van der Waals surface area contributed by atoms with Crippen LogP contribution in [0.15, 0.2) is 60.8 Å². The number of carbonyl (C=O) groups is 2. The van der Waals surface area contributed by atoms with Gasteiger partial charge in [0.15, 0.2) is 6.10 Å². The molecule has 6 N–H and O–H groups in total. The number of unbranched alkanes of at least 4 members (excludes halogenated alkanes) is 23. The molecule has 0 heterocycles. The van der Waals surface area contributed by atoms with Crippen LogP contribution in [0.5, 0.6) is 0 Å². The Labute approximate surface area is 417 Å². The van der Waals surface area contributed by atoms with Gasteiger partial charge in [-0.05, 0) is 51.4 Å². The standard InChI is InChI=1S/C55H97O13P/c1-3-5-7-9-11-13-15-17-19-21-23-24-26-27-29-31-33-35-37-39-41-43-48(56)65-45-47(46-66-69(63,64)68-55-53(61)51(59)50(58)52(60)54(55)62)67-49(57)44-42-40-38-36-34-32-30-28-25-22-20-18-16-14-12-10-8-6-4-2/h12,14,18,20,25,28,32,34,38,40,47,50-55,58-62H,3-11,13,15-17,19,21-24,26-27,29-31,33,35-37,39,41-46H2,1-2H3,(H,63,64)/b14-12+,20-18+,28-25+,34-32+,40-38+/t47-,50?,51-,52?,53?,54?,55?/m0/s1. The van der Waals surface area contributed by atoms with E-state index in [0.717, 1.165) is 44.9 Å². The van der Waals surface area contributed by atoms with Crippen molar-refractivity contribution in [3.05, 3.63) is 60.8 Å². The van der Waals surface area contributed by atoms with Crippen molar-refractivity contribution in [1.29, 1.82) is 0 Å². The molecule has 0 aromatic heterocycles. The minimum Gasteiger partial charge on any atom is -0.462 e. The van der Waals surface area contributed by atoms with Gasteiger partial charge < -0.3 is 39.9 Å². The molecule has 0 aromatic carbocycles. The minimum absolute atomic E-state index is 0.0269. The molecule has 1 aliphatic rings. The van der Waals surface area contributed by atoms with E-state index in [4.69, 9.17) is 18.5 Å². The summed E-state index contributed by atoms with van der Waals surface area (Å²) in [6, 6.07) is 0. The number of aliphatic hydroxyl groups excluding tert-OH is 5. The first-order chi connectivity index (χ1) is 33.4. The Balaban J connectivity index is 2.41. The van der Waals surface area contributed by atoms with E-state index < -0.39 is 75.7 Å². The van der Waals surface area contributed by atoms with Gasteiger partial charge in [0.1, 0.15) is 43.2 Å². The molecule has 6 unspecified atom stereocenters. The van der Waals surface area contributed by atoms with Gasteiger partial charge in [-0.15, -0.1) is 0 Å². The summed E-state index contributed by atoms with van der Waals surface area (Å²) >= 11 is 0.